The van der Waals surface area contributed by atoms with Crippen molar-refractivity contribution in [1.29, 1.82) is 0 Å². The summed E-state index contributed by atoms with van der Waals surface area (Å²) in [6.45, 7) is 0. The van der Waals surface area contributed by atoms with Gasteiger partial charge in [-0.15, -0.1) is 0 Å². The minimum absolute atomic E-state index is 0.355. The third kappa shape index (κ3) is 2.25. The van der Waals surface area contributed by atoms with E-state index in [1.165, 1.54) is 13.2 Å². The van der Waals surface area contributed by atoms with Crippen molar-refractivity contribution in [3.8, 4) is 0 Å². The highest BCUT2D eigenvalue weighted by Gasteiger charge is 1.95. The number of nitrogens with zero attached hydrogens (tertiary/aromatic N) is 1. The number of benzene rings is 1. The maximum atomic E-state index is 10.9. The number of rotatable bonds is 2. The van der Waals surface area contributed by atoms with Crippen molar-refractivity contribution in [2.45, 2.75) is 0 Å². The van der Waals surface area contributed by atoms with Gasteiger partial charge >= 0.3 is 5.97 Å². The molecular weight excluding hydrogens is 202 g/mol. The second kappa shape index (κ2) is 4.57. The van der Waals surface area contributed by atoms with Crippen molar-refractivity contribution in [2.24, 2.45) is 0 Å². The van der Waals surface area contributed by atoms with E-state index in [1.54, 1.807) is 18.5 Å². The lowest BCUT2D eigenvalue weighted by atomic mass is 10.1. The highest BCUT2D eigenvalue weighted by Crippen LogP contribution is 2.15. The molecule has 0 atom stereocenters. The zero-order valence-corrected chi connectivity index (χ0v) is 8.88. The first-order valence-corrected chi connectivity index (χ1v) is 4.89. The molecule has 0 bridgehead atoms. The first-order valence-electron chi connectivity index (χ1n) is 4.89. The van der Waals surface area contributed by atoms with Gasteiger partial charge in [-0.05, 0) is 29.2 Å². The van der Waals surface area contributed by atoms with Gasteiger partial charge in [0.25, 0.3) is 0 Å². The van der Waals surface area contributed by atoms with E-state index < -0.39 is 0 Å². The standard InChI is InChI=1S/C13H11NO2/c1-16-13(15)5-3-10-2-4-11-6-7-14-9-12(11)8-10/h2-9H,1H3/b5-3+. The second-order valence-electron chi connectivity index (χ2n) is 3.34. The topological polar surface area (TPSA) is 39.2 Å². The number of pyridine rings is 1. The van der Waals surface area contributed by atoms with Crippen molar-refractivity contribution in [2.75, 3.05) is 7.11 Å². The summed E-state index contributed by atoms with van der Waals surface area (Å²) in [5.41, 5.74) is 0.950. The Morgan fingerprint density at radius 1 is 1.31 bits per heavy atom. The fourth-order valence-corrected chi connectivity index (χ4v) is 1.44. The van der Waals surface area contributed by atoms with E-state index in [4.69, 9.17) is 0 Å². The van der Waals surface area contributed by atoms with E-state index in [0.717, 1.165) is 16.3 Å². The zero-order chi connectivity index (χ0) is 11.4. The second-order valence-corrected chi connectivity index (χ2v) is 3.34. The molecule has 1 aromatic carbocycles. The number of fused-ring (bicyclic) bond motifs is 1. The van der Waals surface area contributed by atoms with Gasteiger partial charge in [0.2, 0.25) is 0 Å². The molecule has 0 aliphatic carbocycles. The highest BCUT2D eigenvalue weighted by atomic mass is 16.5. The van der Waals surface area contributed by atoms with Crippen LogP contribution in [0.3, 0.4) is 0 Å². The number of esters is 1. The molecule has 0 spiro atoms. The summed E-state index contributed by atoms with van der Waals surface area (Å²) in [5, 5.41) is 2.18. The van der Waals surface area contributed by atoms with Crippen LogP contribution in [0, 0.1) is 0 Å². The first kappa shape index (κ1) is 10.4. The Balaban J connectivity index is 2.33. The van der Waals surface area contributed by atoms with Crippen LogP contribution in [-0.4, -0.2) is 18.1 Å². The fourth-order valence-electron chi connectivity index (χ4n) is 1.44. The van der Waals surface area contributed by atoms with Crippen LogP contribution in [0.2, 0.25) is 0 Å². The molecule has 3 nitrogen and oxygen atoms in total. The lowest BCUT2D eigenvalue weighted by Crippen LogP contribution is -1.93. The number of aromatic nitrogens is 1. The molecule has 1 aromatic heterocycles. The van der Waals surface area contributed by atoms with Crippen LogP contribution in [0.1, 0.15) is 5.56 Å². The first-order chi connectivity index (χ1) is 7.79. The predicted molar refractivity (Wildman–Crippen MR) is 62.8 cm³/mol. The maximum absolute atomic E-state index is 10.9. The number of ether oxygens (including phenoxy) is 1. The van der Waals surface area contributed by atoms with Gasteiger partial charge in [0.05, 0.1) is 7.11 Å². The molecule has 0 saturated carbocycles. The van der Waals surface area contributed by atoms with Gasteiger partial charge in [-0.2, -0.15) is 0 Å². The summed E-state index contributed by atoms with van der Waals surface area (Å²) in [4.78, 5) is 15.0. The van der Waals surface area contributed by atoms with Gasteiger partial charge in [-0.1, -0.05) is 12.1 Å². The van der Waals surface area contributed by atoms with Crippen molar-refractivity contribution >= 4 is 22.8 Å². The van der Waals surface area contributed by atoms with E-state index in [-0.39, 0.29) is 5.97 Å². The minimum Gasteiger partial charge on any atom is -0.466 e. The van der Waals surface area contributed by atoms with Crippen molar-refractivity contribution < 1.29 is 9.53 Å². The van der Waals surface area contributed by atoms with Crippen LogP contribution in [-0.2, 0) is 9.53 Å². The molecule has 1 heterocycles. The normalized spacial score (nSPS) is 10.8. The number of methoxy groups -OCH3 is 1. The van der Waals surface area contributed by atoms with Gasteiger partial charge in [0.1, 0.15) is 0 Å². The van der Waals surface area contributed by atoms with Gasteiger partial charge in [0.15, 0.2) is 0 Å². The summed E-state index contributed by atoms with van der Waals surface area (Å²) in [5.74, 6) is -0.355. The van der Waals surface area contributed by atoms with Gasteiger partial charge in [-0.25, -0.2) is 4.79 Å². The molecule has 16 heavy (non-hydrogen) atoms. The predicted octanol–water partition coefficient (Wildman–Crippen LogP) is 2.42. The molecule has 2 aromatic rings. The molecule has 0 amide bonds. The average Bonchev–Trinajstić information content (AvgIpc) is 2.35. The number of carbonyl (C=O) groups is 1. The maximum Gasteiger partial charge on any atom is 0.330 e. The van der Waals surface area contributed by atoms with Crippen molar-refractivity contribution in [3.05, 3.63) is 48.3 Å². The summed E-state index contributed by atoms with van der Waals surface area (Å²) in [6, 6.07) is 7.86. The Kier molecular flexibility index (Phi) is 2.96. The minimum atomic E-state index is -0.355. The van der Waals surface area contributed by atoms with E-state index in [2.05, 4.69) is 9.72 Å². The number of hydrogen-bond donors (Lipinski definition) is 0. The van der Waals surface area contributed by atoms with E-state index >= 15 is 0 Å². The summed E-state index contributed by atoms with van der Waals surface area (Å²) in [7, 11) is 1.36. The van der Waals surface area contributed by atoms with Crippen molar-refractivity contribution in [3.63, 3.8) is 0 Å². The van der Waals surface area contributed by atoms with Crippen LogP contribution in [0.4, 0.5) is 0 Å². The number of hydrogen-bond acceptors (Lipinski definition) is 3. The average molecular weight is 213 g/mol. The third-order valence-electron chi connectivity index (χ3n) is 2.28. The molecule has 3 heteroatoms. The lowest BCUT2D eigenvalue weighted by molar-refractivity contribution is -0.134. The highest BCUT2D eigenvalue weighted by molar-refractivity contribution is 5.89. The van der Waals surface area contributed by atoms with Crippen LogP contribution in [0.25, 0.3) is 16.8 Å². The molecule has 2 rings (SSSR count). The van der Waals surface area contributed by atoms with Gasteiger partial charge in [0, 0.05) is 23.9 Å². The van der Waals surface area contributed by atoms with E-state index in [1.807, 2.05) is 24.3 Å². The van der Waals surface area contributed by atoms with Gasteiger partial charge < -0.3 is 4.74 Å². The molecule has 0 saturated heterocycles. The van der Waals surface area contributed by atoms with Crippen LogP contribution < -0.4 is 0 Å². The quantitative estimate of drug-likeness (QED) is 0.568. The summed E-state index contributed by atoms with van der Waals surface area (Å²) < 4.78 is 4.52. The SMILES string of the molecule is COC(=O)/C=C/c1ccc2ccncc2c1. The Labute approximate surface area is 93.4 Å². The Bertz CT molecular complexity index is 546. The molecule has 0 aliphatic rings. The van der Waals surface area contributed by atoms with Crippen LogP contribution in [0.15, 0.2) is 42.7 Å². The summed E-state index contributed by atoms with van der Waals surface area (Å²) >= 11 is 0. The Hall–Kier alpha value is -2.16. The molecule has 0 N–H and O–H groups in total. The third-order valence-corrected chi connectivity index (χ3v) is 2.28. The fraction of sp³-hybridized carbons (Fsp3) is 0.0769. The molecule has 0 aliphatic heterocycles. The molecule has 0 fully saturated rings. The molecule has 0 unspecified atom stereocenters. The lowest BCUT2D eigenvalue weighted by Gasteiger charge is -1.98. The zero-order valence-electron chi connectivity index (χ0n) is 8.88. The van der Waals surface area contributed by atoms with E-state index in [9.17, 15) is 4.79 Å². The van der Waals surface area contributed by atoms with Crippen LogP contribution >= 0.6 is 0 Å². The molecule has 80 valence electrons. The largest absolute Gasteiger partial charge is 0.466 e. The molecular formula is C13H11NO2. The Morgan fingerprint density at radius 2 is 2.19 bits per heavy atom. The number of carbonyl (C=O) groups excluding carboxylic acids is 1. The summed E-state index contributed by atoms with van der Waals surface area (Å²) in [6.07, 6.45) is 6.67. The van der Waals surface area contributed by atoms with Gasteiger partial charge in [-0.3, -0.25) is 4.98 Å². The smallest absolute Gasteiger partial charge is 0.330 e. The Morgan fingerprint density at radius 3 is 3.00 bits per heavy atom. The monoisotopic (exact) mass is 213 g/mol. The van der Waals surface area contributed by atoms with Crippen LogP contribution in [0.5, 0.6) is 0 Å². The van der Waals surface area contributed by atoms with Crippen molar-refractivity contribution in [1.82, 2.24) is 4.98 Å². The molecule has 0 radical (unpaired) electrons. The van der Waals surface area contributed by atoms with E-state index in [0.29, 0.717) is 0 Å².